The molecule has 25 heavy (non-hydrogen) atoms. The molecule has 5 atom stereocenters. The van der Waals surface area contributed by atoms with E-state index in [4.69, 9.17) is 0 Å². The molecule has 2 bridgehead atoms. The van der Waals surface area contributed by atoms with Crippen molar-refractivity contribution in [2.24, 2.45) is 17.8 Å². The molecule has 0 radical (unpaired) electrons. The van der Waals surface area contributed by atoms with Crippen LogP contribution in [0.1, 0.15) is 52.7 Å². The minimum absolute atomic E-state index is 0.158. The molecule has 0 aromatic heterocycles. The number of carboxylic acids is 1. The van der Waals surface area contributed by atoms with Crippen LogP contribution in [-0.2, 0) is 0 Å². The highest BCUT2D eigenvalue weighted by Gasteiger charge is 2.54. The highest BCUT2D eigenvalue weighted by Crippen LogP contribution is 2.64. The van der Waals surface area contributed by atoms with Crippen molar-refractivity contribution in [3.63, 3.8) is 0 Å². The highest BCUT2D eigenvalue weighted by atomic mass is 19.1. The Morgan fingerprint density at radius 3 is 2.60 bits per heavy atom. The summed E-state index contributed by atoms with van der Waals surface area (Å²) in [5, 5.41) is 13.1. The predicted molar refractivity (Wildman–Crippen MR) is 93.2 cm³/mol. The quantitative estimate of drug-likeness (QED) is 0.826. The molecule has 3 nitrogen and oxygen atoms in total. The number of rotatable bonds is 2. The fourth-order valence-electron chi connectivity index (χ4n) is 5.73. The van der Waals surface area contributed by atoms with Gasteiger partial charge < -0.3 is 10.4 Å². The zero-order valence-corrected chi connectivity index (χ0v) is 13.8. The van der Waals surface area contributed by atoms with Gasteiger partial charge in [0.05, 0.1) is 17.3 Å². The van der Waals surface area contributed by atoms with Crippen LogP contribution in [-0.4, -0.2) is 11.1 Å². The second-order valence-corrected chi connectivity index (χ2v) is 7.65. The van der Waals surface area contributed by atoms with Crippen LogP contribution in [0.25, 0.3) is 0 Å². The molecule has 2 saturated carbocycles. The van der Waals surface area contributed by atoms with Crippen LogP contribution >= 0.6 is 0 Å². The Hall–Kier alpha value is -2.36. The number of benzene rings is 2. The maximum Gasteiger partial charge on any atom is 0.337 e. The molecule has 2 fully saturated rings. The first-order chi connectivity index (χ1) is 12.1. The van der Waals surface area contributed by atoms with E-state index in [1.807, 2.05) is 18.2 Å². The number of fused-ring (bicyclic) bond motifs is 7. The van der Waals surface area contributed by atoms with Crippen molar-refractivity contribution in [3.8, 4) is 0 Å². The van der Waals surface area contributed by atoms with Gasteiger partial charge in [0.25, 0.3) is 0 Å². The van der Waals surface area contributed by atoms with E-state index in [2.05, 4.69) is 11.4 Å². The molecule has 0 unspecified atom stereocenters. The maximum absolute atomic E-state index is 14.6. The molecule has 2 aliphatic carbocycles. The first-order valence-electron chi connectivity index (χ1n) is 9.02. The third kappa shape index (κ3) is 2.06. The minimum Gasteiger partial charge on any atom is -0.478 e. The molecule has 2 aromatic rings. The first kappa shape index (κ1) is 14.9. The number of hydrogen-bond donors (Lipinski definition) is 2. The molecule has 0 spiro atoms. The van der Waals surface area contributed by atoms with Gasteiger partial charge in [0, 0.05) is 5.56 Å². The SMILES string of the molecule is O=C(O)c1cccc2c1N[C@@H](c1ccccc1F)[C@@H]1[C@@H]3CC[C@@H](C3)[C@@H]21. The Balaban J connectivity index is 1.70. The van der Waals surface area contributed by atoms with E-state index in [-0.39, 0.29) is 11.9 Å². The zero-order valence-electron chi connectivity index (χ0n) is 13.8. The summed E-state index contributed by atoms with van der Waals surface area (Å²) in [6.07, 6.45) is 3.58. The summed E-state index contributed by atoms with van der Waals surface area (Å²) in [5.41, 5.74) is 2.76. The molecular formula is C21H20FNO2. The molecule has 0 amide bonds. The van der Waals surface area contributed by atoms with Gasteiger partial charge in [-0.1, -0.05) is 30.3 Å². The van der Waals surface area contributed by atoms with Gasteiger partial charge in [0.2, 0.25) is 0 Å². The Morgan fingerprint density at radius 2 is 1.80 bits per heavy atom. The Labute approximate surface area is 145 Å². The van der Waals surface area contributed by atoms with Crippen molar-refractivity contribution in [1.29, 1.82) is 0 Å². The van der Waals surface area contributed by atoms with Gasteiger partial charge in [-0.05, 0) is 60.6 Å². The van der Waals surface area contributed by atoms with Crippen LogP contribution in [0.15, 0.2) is 42.5 Å². The lowest BCUT2D eigenvalue weighted by Crippen LogP contribution is -2.36. The smallest absolute Gasteiger partial charge is 0.337 e. The molecule has 4 heteroatoms. The van der Waals surface area contributed by atoms with Crippen molar-refractivity contribution >= 4 is 11.7 Å². The lowest BCUT2D eigenvalue weighted by atomic mass is 9.67. The van der Waals surface area contributed by atoms with Crippen molar-refractivity contribution < 1.29 is 14.3 Å². The molecular weight excluding hydrogens is 317 g/mol. The van der Waals surface area contributed by atoms with Crippen LogP contribution in [0.4, 0.5) is 10.1 Å². The van der Waals surface area contributed by atoms with Crippen molar-refractivity contribution in [1.82, 2.24) is 0 Å². The summed E-state index contributed by atoms with van der Waals surface area (Å²) in [7, 11) is 0. The van der Waals surface area contributed by atoms with Crippen LogP contribution < -0.4 is 5.32 Å². The van der Waals surface area contributed by atoms with E-state index in [1.165, 1.54) is 25.3 Å². The fraction of sp³-hybridized carbons (Fsp3) is 0.381. The largest absolute Gasteiger partial charge is 0.478 e. The van der Waals surface area contributed by atoms with E-state index in [9.17, 15) is 14.3 Å². The number of hydrogen-bond acceptors (Lipinski definition) is 2. The summed E-state index contributed by atoms with van der Waals surface area (Å²) < 4.78 is 14.6. The number of nitrogens with one attached hydrogen (secondary N) is 1. The van der Waals surface area contributed by atoms with E-state index in [1.54, 1.807) is 12.1 Å². The fourth-order valence-corrected chi connectivity index (χ4v) is 5.73. The number of para-hydroxylation sites is 1. The number of carbonyl (C=O) groups is 1. The van der Waals surface area contributed by atoms with Crippen molar-refractivity contribution in [2.45, 2.75) is 31.2 Å². The topological polar surface area (TPSA) is 49.3 Å². The molecule has 1 heterocycles. The number of carboxylic acid groups (broad SMARTS) is 1. The summed E-state index contributed by atoms with van der Waals surface area (Å²) in [6, 6.07) is 12.3. The average Bonchev–Trinajstić information content (AvgIpc) is 3.23. The van der Waals surface area contributed by atoms with Gasteiger partial charge in [-0.15, -0.1) is 0 Å². The summed E-state index contributed by atoms with van der Waals surface area (Å²) in [5.74, 6) is 0.713. The lowest BCUT2D eigenvalue weighted by Gasteiger charge is -2.44. The van der Waals surface area contributed by atoms with Crippen LogP contribution in [0.5, 0.6) is 0 Å². The van der Waals surface area contributed by atoms with Crippen LogP contribution in [0.3, 0.4) is 0 Å². The monoisotopic (exact) mass is 337 g/mol. The van der Waals surface area contributed by atoms with E-state index < -0.39 is 5.97 Å². The molecule has 128 valence electrons. The van der Waals surface area contributed by atoms with Crippen molar-refractivity contribution in [3.05, 3.63) is 65.0 Å². The lowest BCUT2D eigenvalue weighted by molar-refractivity contribution is 0.0697. The zero-order chi connectivity index (χ0) is 17.1. The molecule has 5 rings (SSSR count). The summed E-state index contributed by atoms with van der Waals surface area (Å²) >= 11 is 0. The summed E-state index contributed by atoms with van der Waals surface area (Å²) in [4.78, 5) is 11.7. The van der Waals surface area contributed by atoms with Crippen molar-refractivity contribution in [2.75, 3.05) is 5.32 Å². The Bertz CT molecular complexity index is 865. The molecule has 2 N–H and O–H groups in total. The minimum atomic E-state index is -0.932. The predicted octanol–water partition coefficient (Wildman–Crippen LogP) is 4.82. The molecule has 0 saturated heterocycles. The second kappa shape index (κ2) is 5.32. The number of halogens is 1. The maximum atomic E-state index is 14.6. The van der Waals surface area contributed by atoms with E-state index in [0.717, 1.165) is 5.56 Å². The van der Waals surface area contributed by atoms with E-state index in [0.29, 0.717) is 40.5 Å². The van der Waals surface area contributed by atoms with Gasteiger partial charge in [-0.3, -0.25) is 0 Å². The van der Waals surface area contributed by atoms with Gasteiger partial charge in [0.15, 0.2) is 0 Å². The number of aromatic carboxylic acids is 1. The van der Waals surface area contributed by atoms with Gasteiger partial charge in [-0.2, -0.15) is 0 Å². The van der Waals surface area contributed by atoms with Gasteiger partial charge in [0.1, 0.15) is 5.82 Å². The van der Waals surface area contributed by atoms with Crippen LogP contribution in [0.2, 0.25) is 0 Å². The second-order valence-electron chi connectivity index (χ2n) is 7.65. The van der Waals surface area contributed by atoms with Crippen LogP contribution in [0, 0.1) is 23.6 Å². The average molecular weight is 337 g/mol. The third-order valence-electron chi connectivity index (χ3n) is 6.59. The Kier molecular flexibility index (Phi) is 3.18. The normalized spacial score (nSPS) is 32.0. The third-order valence-corrected chi connectivity index (χ3v) is 6.59. The standard InChI is InChI=1S/C21H20FNO2/c22-16-7-2-1-4-13(16)20-18-12-9-8-11(10-12)17(18)14-5-3-6-15(21(24)25)19(14)23-20/h1-7,11-12,17-18,20,23H,8-10H2,(H,24,25)/t11-,12+,17-,18+,20-/m0/s1. The molecule has 2 aromatic carbocycles. The Morgan fingerprint density at radius 1 is 1.04 bits per heavy atom. The van der Waals surface area contributed by atoms with Gasteiger partial charge in [-0.25, -0.2) is 9.18 Å². The first-order valence-corrected chi connectivity index (χ1v) is 9.02. The summed E-state index contributed by atoms with van der Waals surface area (Å²) in [6.45, 7) is 0. The highest BCUT2D eigenvalue weighted by molar-refractivity contribution is 5.95. The van der Waals surface area contributed by atoms with Gasteiger partial charge >= 0.3 is 5.97 Å². The number of anilines is 1. The molecule has 1 aliphatic heterocycles. The molecule has 3 aliphatic rings. The van der Waals surface area contributed by atoms with E-state index >= 15 is 0 Å².